The summed E-state index contributed by atoms with van der Waals surface area (Å²) < 4.78 is 11.5. The molecule has 0 bridgehead atoms. The normalized spacial score (nSPS) is 18.9. The Balaban J connectivity index is 1.22. The highest BCUT2D eigenvalue weighted by atomic mass is 16.5. The molecule has 0 aliphatic heterocycles. The van der Waals surface area contributed by atoms with Gasteiger partial charge in [-0.25, -0.2) is 9.97 Å². The van der Waals surface area contributed by atoms with E-state index in [1.54, 1.807) is 18.6 Å². The average Bonchev–Trinajstić information content (AvgIpc) is 3.30. The number of hydrogen-bond donors (Lipinski definition) is 2. The molecule has 1 aromatic carbocycles. The molecule has 5 rings (SSSR count). The van der Waals surface area contributed by atoms with Gasteiger partial charge < -0.3 is 20.2 Å². The van der Waals surface area contributed by atoms with Gasteiger partial charge in [0.2, 0.25) is 12.3 Å². The summed E-state index contributed by atoms with van der Waals surface area (Å²) in [6, 6.07) is 7.74. The summed E-state index contributed by atoms with van der Waals surface area (Å²) in [6.07, 6.45) is 10.3. The van der Waals surface area contributed by atoms with E-state index in [0.29, 0.717) is 23.4 Å². The maximum Gasteiger partial charge on any atom is 0.247 e. The third-order valence-corrected chi connectivity index (χ3v) is 5.25. The SMILES string of the molecule is Nc1cc(OC2CCC(Nc3cc(-c4nnco4)ccn3)CC2)c2nccnc2c1. The van der Waals surface area contributed by atoms with Gasteiger partial charge in [0.25, 0.3) is 0 Å². The Labute approximate surface area is 172 Å². The van der Waals surface area contributed by atoms with Crippen molar-refractivity contribution in [2.24, 2.45) is 0 Å². The highest BCUT2D eigenvalue weighted by Gasteiger charge is 2.24. The quantitative estimate of drug-likeness (QED) is 0.482. The first-order valence-corrected chi connectivity index (χ1v) is 9.90. The second kappa shape index (κ2) is 7.94. The number of nitrogens with one attached hydrogen (secondary N) is 1. The lowest BCUT2D eigenvalue weighted by Crippen LogP contribution is -2.31. The van der Waals surface area contributed by atoms with Crippen molar-refractivity contribution >= 4 is 22.5 Å². The van der Waals surface area contributed by atoms with E-state index in [1.807, 2.05) is 24.3 Å². The largest absolute Gasteiger partial charge is 0.488 e. The van der Waals surface area contributed by atoms with Gasteiger partial charge in [-0.15, -0.1) is 10.2 Å². The van der Waals surface area contributed by atoms with Crippen molar-refractivity contribution in [3.8, 4) is 17.2 Å². The molecule has 4 aromatic rings. The average molecular weight is 403 g/mol. The number of nitrogen functional groups attached to an aromatic ring is 1. The Morgan fingerprint density at radius 1 is 1.00 bits per heavy atom. The number of anilines is 2. The number of pyridine rings is 1. The highest BCUT2D eigenvalue weighted by Crippen LogP contribution is 2.31. The molecular formula is C21H21N7O2. The van der Waals surface area contributed by atoms with Gasteiger partial charge in [0.1, 0.15) is 17.1 Å². The van der Waals surface area contributed by atoms with Crippen LogP contribution in [0.3, 0.4) is 0 Å². The van der Waals surface area contributed by atoms with Crippen molar-refractivity contribution in [1.82, 2.24) is 25.1 Å². The van der Waals surface area contributed by atoms with Crippen LogP contribution in [-0.4, -0.2) is 37.3 Å². The molecule has 1 aliphatic rings. The van der Waals surface area contributed by atoms with E-state index in [1.165, 1.54) is 6.39 Å². The predicted octanol–water partition coefficient (Wildman–Crippen LogP) is 3.46. The van der Waals surface area contributed by atoms with Crippen molar-refractivity contribution in [2.75, 3.05) is 11.1 Å². The first kappa shape index (κ1) is 18.3. The first-order valence-electron chi connectivity index (χ1n) is 9.90. The van der Waals surface area contributed by atoms with Gasteiger partial charge in [-0.05, 0) is 43.9 Å². The monoisotopic (exact) mass is 403 g/mol. The van der Waals surface area contributed by atoms with E-state index in [0.717, 1.165) is 48.1 Å². The van der Waals surface area contributed by atoms with Crippen molar-refractivity contribution in [3.63, 3.8) is 0 Å². The molecule has 3 N–H and O–H groups in total. The van der Waals surface area contributed by atoms with Crippen LogP contribution in [0.4, 0.5) is 11.5 Å². The number of benzene rings is 1. The van der Waals surface area contributed by atoms with E-state index >= 15 is 0 Å². The van der Waals surface area contributed by atoms with E-state index in [2.05, 4.69) is 30.5 Å². The molecule has 0 spiro atoms. The Morgan fingerprint density at radius 2 is 1.87 bits per heavy atom. The fourth-order valence-electron chi connectivity index (χ4n) is 3.81. The van der Waals surface area contributed by atoms with Crippen LogP contribution in [0.1, 0.15) is 25.7 Å². The van der Waals surface area contributed by atoms with Gasteiger partial charge in [0.05, 0.1) is 11.6 Å². The second-order valence-electron chi connectivity index (χ2n) is 7.35. The van der Waals surface area contributed by atoms with Gasteiger partial charge >= 0.3 is 0 Å². The Hall–Kier alpha value is -3.75. The topological polar surface area (TPSA) is 125 Å². The summed E-state index contributed by atoms with van der Waals surface area (Å²) in [5, 5.41) is 11.2. The predicted molar refractivity (Wildman–Crippen MR) is 112 cm³/mol. The minimum Gasteiger partial charge on any atom is -0.488 e. The van der Waals surface area contributed by atoms with Crippen LogP contribution in [0.25, 0.3) is 22.5 Å². The third kappa shape index (κ3) is 3.86. The smallest absolute Gasteiger partial charge is 0.247 e. The highest BCUT2D eigenvalue weighted by molar-refractivity contribution is 5.84. The van der Waals surface area contributed by atoms with Crippen LogP contribution in [0.2, 0.25) is 0 Å². The molecule has 0 saturated heterocycles. The third-order valence-electron chi connectivity index (χ3n) is 5.25. The summed E-state index contributed by atoms with van der Waals surface area (Å²) >= 11 is 0. The van der Waals surface area contributed by atoms with E-state index in [9.17, 15) is 0 Å². The van der Waals surface area contributed by atoms with Crippen LogP contribution >= 0.6 is 0 Å². The van der Waals surface area contributed by atoms with E-state index in [-0.39, 0.29) is 6.10 Å². The lowest BCUT2D eigenvalue weighted by Gasteiger charge is -2.30. The lowest BCUT2D eigenvalue weighted by atomic mass is 9.93. The number of nitrogens with zero attached hydrogens (tertiary/aromatic N) is 5. The van der Waals surface area contributed by atoms with Crippen LogP contribution < -0.4 is 15.8 Å². The van der Waals surface area contributed by atoms with Crippen LogP contribution in [-0.2, 0) is 0 Å². The molecule has 30 heavy (non-hydrogen) atoms. The minimum absolute atomic E-state index is 0.118. The molecule has 1 aliphatic carbocycles. The second-order valence-corrected chi connectivity index (χ2v) is 7.35. The molecule has 3 heterocycles. The maximum atomic E-state index is 6.26. The summed E-state index contributed by atoms with van der Waals surface area (Å²) in [7, 11) is 0. The van der Waals surface area contributed by atoms with Gasteiger partial charge in [-0.2, -0.15) is 0 Å². The van der Waals surface area contributed by atoms with E-state index < -0.39 is 0 Å². The Bertz CT molecular complexity index is 1140. The number of nitrogens with two attached hydrogens (primary N) is 1. The molecule has 1 saturated carbocycles. The Kier molecular flexibility index (Phi) is 4.84. The van der Waals surface area contributed by atoms with Crippen LogP contribution in [0.15, 0.2) is 53.7 Å². The van der Waals surface area contributed by atoms with Crippen molar-refractivity contribution < 1.29 is 9.15 Å². The van der Waals surface area contributed by atoms with Gasteiger partial charge in [0.15, 0.2) is 0 Å². The molecule has 0 radical (unpaired) electrons. The standard InChI is InChI=1S/C21H21N7O2/c22-14-10-17-20(25-8-7-23-17)18(11-14)30-16-3-1-15(2-4-16)27-19-9-13(5-6-24-19)21-28-26-12-29-21/h5-12,15-16H,1-4,22H2,(H,24,27). The van der Waals surface area contributed by atoms with E-state index in [4.69, 9.17) is 14.9 Å². The number of hydrogen-bond acceptors (Lipinski definition) is 9. The fraction of sp³-hybridized carbons (Fsp3) is 0.286. The molecule has 0 unspecified atom stereocenters. The van der Waals surface area contributed by atoms with Crippen molar-refractivity contribution in [3.05, 3.63) is 49.2 Å². The molecule has 9 nitrogen and oxygen atoms in total. The zero-order valence-corrected chi connectivity index (χ0v) is 16.2. The number of aromatic nitrogens is 5. The molecular weight excluding hydrogens is 382 g/mol. The summed E-state index contributed by atoms with van der Waals surface area (Å²) in [6.45, 7) is 0. The van der Waals surface area contributed by atoms with Gasteiger partial charge in [0, 0.05) is 41.9 Å². The molecule has 152 valence electrons. The number of ether oxygens (including phenoxy) is 1. The fourth-order valence-corrected chi connectivity index (χ4v) is 3.81. The summed E-state index contributed by atoms with van der Waals surface area (Å²) in [4.78, 5) is 13.1. The minimum atomic E-state index is 0.118. The molecule has 0 amide bonds. The first-order chi connectivity index (χ1) is 14.7. The molecule has 9 heteroatoms. The van der Waals surface area contributed by atoms with Crippen molar-refractivity contribution in [2.45, 2.75) is 37.8 Å². The molecule has 1 fully saturated rings. The van der Waals surface area contributed by atoms with Crippen molar-refractivity contribution in [1.29, 1.82) is 0 Å². The Morgan fingerprint density at radius 3 is 2.70 bits per heavy atom. The van der Waals surface area contributed by atoms with Crippen LogP contribution in [0.5, 0.6) is 5.75 Å². The number of fused-ring (bicyclic) bond motifs is 1. The number of rotatable bonds is 5. The maximum absolute atomic E-state index is 6.26. The van der Waals surface area contributed by atoms with Crippen LogP contribution in [0, 0.1) is 0 Å². The summed E-state index contributed by atoms with van der Waals surface area (Å²) in [5.41, 5.74) is 8.96. The van der Waals surface area contributed by atoms with Gasteiger partial charge in [-0.1, -0.05) is 0 Å². The zero-order chi connectivity index (χ0) is 20.3. The lowest BCUT2D eigenvalue weighted by molar-refractivity contribution is 0.152. The van der Waals surface area contributed by atoms with Gasteiger partial charge in [-0.3, -0.25) is 4.98 Å². The summed E-state index contributed by atoms with van der Waals surface area (Å²) in [5.74, 6) is 1.98. The molecule has 3 aromatic heterocycles. The molecule has 0 atom stereocenters. The zero-order valence-electron chi connectivity index (χ0n) is 16.2.